The molecule has 0 saturated heterocycles. The predicted octanol–water partition coefficient (Wildman–Crippen LogP) is 3.32. The lowest BCUT2D eigenvalue weighted by molar-refractivity contribution is -0.140. The Morgan fingerprint density at radius 2 is 1.70 bits per heavy atom. The zero-order chi connectivity index (χ0) is 24.4. The van der Waals surface area contributed by atoms with Gasteiger partial charge in [0.25, 0.3) is 0 Å². The summed E-state index contributed by atoms with van der Waals surface area (Å²) in [6.07, 6.45) is 2.17. The van der Waals surface area contributed by atoms with E-state index in [0.717, 1.165) is 22.5 Å². The summed E-state index contributed by atoms with van der Waals surface area (Å²) in [4.78, 5) is 27.2. The van der Waals surface area contributed by atoms with Crippen LogP contribution in [0, 0.1) is 5.82 Å². The van der Waals surface area contributed by atoms with Crippen molar-refractivity contribution >= 4 is 27.5 Å². The molecule has 0 radical (unpaired) electrons. The molecule has 0 aliphatic heterocycles. The monoisotopic (exact) mass is 477 g/mol. The van der Waals surface area contributed by atoms with E-state index < -0.39 is 21.9 Å². The Bertz CT molecular complexity index is 1010. The van der Waals surface area contributed by atoms with E-state index in [1.165, 1.54) is 29.2 Å². The molecule has 2 aromatic rings. The highest BCUT2D eigenvalue weighted by atomic mass is 32.2. The number of carbonyl (C=O) groups is 2. The lowest BCUT2D eigenvalue weighted by atomic mass is 10.1. The summed E-state index contributed by atoms with van der Waals surface area (Å²) in [7, 11) is -3.62. The molecule has 0 spiro atoms. The Balaban J connectivity index is 2.11. The molecule has 0 aromatic heterocycles. The molecule has 0 aliphatic rings. The molecule has 2 amide bonds. The molecule has 1 N–H and O–H groups in total. The first kappa shape index (κ1) is 26.3. The zero-order valence-electron chi connectivity index (χ0n) is 19.3. The highest BCUT2D eigenvalue weighted by Crippen LogP contribution is 2.19. The minimum absolute atomic E-state index is 0.0610. The summed E-state index contributed by atoms with van der Waals surface area (Å²) in [5, 5.41) is 2.82. The van der Waals surface area contributed by atoms with Gasteiger partial charge >= 0.3 is 0 Å². The van der Waals surface area contributed by atoms with E-state index in [1.807, 2.05) is 37.3 Å². The van der Waals surface area contributed by atoms with Crippen LogP contribution in [-0.4, -0.2) is 50.5 Å². The second-order valence-corrected chi connectivity index (χ2v) is 9.80. The predicted molar refractivity (Wildman–Crippen MR) is 128 cm³/mol. The smallest absolute Gasteiger partial charge is 0.242 e. The molecule has 9 heteroatoms. The number of nitrogens with one attached hydrogen (secondary N) is 1. The van der Waals surface area contributed by atoms with Gasteiger partial charge in [0.15, 0.2) is 0 Å². The van der Waals surface area contributed by atoms with E-state index in [-0.39, 0.29) is 37.7 Å². The van der Waals surface area contributed by atoms with Crippen molar-refractivity contribution in [2.45, 2.75) is 45.7 Å². The molecule has 33 heavy (non-hydrogen) atoms. The van der Waals surface area contributed by atoms with E-state index in [9.17, 15) is 22.4 Å². The van der Waals surface area contributed by atoms with E-state index in [4.69, 9.17) is 0 Å². The highest BCUT2D eigenvalue weighted by Gasteiger charge is 2.26. The molecule has 0 bridgehead atoms. The Kier molecular flexibility index (Phi) is 9.84. The lowest BCUT2D eigenvalue weighted by Crippen LogP contribution is -2.47. The fraction of sp³-hybridized carbons (Fsp3) is 0.417. The number of halogens is 1. The van der Waals surface area contributed by atoms with Gasteiger partial charge in [-0.3, -0.25) is 13.9 Å². The number of anilines is 1. The maximum Gasteiger partial charge on any atom is 0.242 e. The summed E-state index contributed by atoms with van der Waals surface area (Å²) < 4.78 is 38.9. The molecular weight excluding hydrogens is 445 g/mol. The topological polar surface area (TPSA) is 86.8 Å². The summed E-state index contributed by atoms with van der Waals surface area (Å²) in [5.41, 5.74) is 1.23. The van der Waals surface area contributed by atoms with Crippen molar-refractivity contribution in [3.05, 3.63) is 66.0 Å². The standard InChI is InChI=1S/C24H32FN3O4S/c1-4-16-26-24(30)19(2)27(18-20-9-6-5-7-10-20)23(29)11-8-17-28(33(3,31)32)22-14-12-21(25)13-15-22/h5-7,9-10,12-15,19H,4,8,11,16-18H2,1-3H3,(H,26,30)/t19-/m0/s1. The fourth-order valence-corrected chi connectivity index (χ4v) is 4.34. The number of rotatable bonds is 12. The molecule has 0 heterocycles. The third-order valence-corrected chi connectivity index (χ3v) is 6.37. The van der Waals surface area contributed by atoms with Gasteiger partial charge in [0.2, 0.25) is 21.8 Å². The maximum atomic E-state index is 13.2. The van der Waals surface area contributed by atoms with Gasteiger partial charge in [0.1, 0.15) is 11.9 Å². The second-order valence-electron chi connectivity index (χ2n) is 7.89. The Morgan fingerprint density at radius 3 is 2.27 bits per heavy atom. The van der Waals surface area contributed by atoms with Crippen molar-refractivity contribution in [3.8, 4) is 0 Å². The molecule has 2 aromatic carbocycles. The number of amides is 2. The number of benzene rings is 2. The van der Waals surface area contributed by atoms with Gasteiger partial charge in [-0.2, -0.15) is 0 Å². The molecule has 2 rings (SSSR count). The summed E-state index contributed by atoms with van der Waals surface area (Å²) in [5.74, 6) is -0.940. The molecule has 0 saturated carbocycles. The first-order valence-electron chi connectivity index (χ1n) is 11.0. The summed E-state index contributed by atoms with van der Waals surface area (Å²) in [6, 6.07) is 13.9. The van der Waals surface area contributed by atoms with Gasteiger partial charge in [-0.25, -0.2) is 12.8 Å². The first-order valence-corrected chi connectivity index (χ1v) is 12.8. The van der Waals surface area contributed by atoms with E-state index in [0.29, 0.717) is 12.2 Å². The van der Waals surface area contributed by atoms with Crippen LogP contribution >= 0.6 is 0 Å². The van der Waals surface area contributed by atoms with Crippen LogP contribution in [0.2, 0.25) is 0 Å². The average Bonchev–Trinajstić information content (AvgIpc) is 2.78. The zero-order valence-corrected chi connectivity index (χ0v) is 20.1. The molecular formula is C24H32FN3O4S. The highest BCUT2D eigenvalue weighted by molar-refractivity contribution is 7.92. The van der Waals surface area contributed by atoms with Gasteiger partial charge in [-0.15, -0.1) is 0 Å². The van der Waals surface area contributed by atoms with E-state index in [1.54, 1.807) is 6.92 Å². The fourth-order valence-electron chi connectivity index (χ4n) is 3.37. The van der Waals surface area contributed by atoms with Crippen molar-refractivity contribution in [2.24, 2.45) is 0 Å². The van der Waals surface area contributed by atoms with Crippen molar-refractivity contribution in [3.63, 3.8) is 0 Å². The lowest BCUT2D eigenvalue weighted by Gasteiger charge is -2.29. The van der Waals surface area contributed by atoms with Gasteiger partial charge in [0.05, 0.1) is 11.9 Å². The van der Waals surface area contributed by atoms with Crippen LogP contribution in [0.5, 0.6) is 0 Å². The van der Waals surface area contributed by atoms with Crippen LogP contribution in [0.4, 0.5) is 10.1 Å². The van der Waals surface area contributed by atoms with Gasteiger partial charge in [0, 0.05) is 26.1 Å². The Morgan fingerprint density at radius 1 is 1.06 bits per heavy atom. The van der Waals surface area contributed by atoms with Gasteiger partial charge in [-0.05, 0) is 49.6 Å². The number of hydrogen-bond acceptors (Lipinski definition) is 4. The van der Waals surface area contributed by atoms with Crippen LogP contribution in [0.1, 0.15) is 38.7 Å². The van der Waals surface area contributed by atoms with Crippen LogP contribution in [0.15, 0.2) is 54.6 Å². The molecule has 180 valence electrons. The minimum Gasteiger partial charge on any atom is -0.354 e. The van der Waals surface area contributed by atoms with Crippen molar-refractivity contribution in [2.75, 3.05) is 23.7 Å². The van der Waals surface area contributed by atoms with Crippen LogP contribution in [0.25, 0.3) is 0 Å². The van der Waals surface area contributed by atoms with E-state index in [2.05, 4.69) is 5.32 Å². The first-order chi connectivity index (χ1) is 15.6. The van der Waals surface area contributed by atoms with Crippen LogP contribution in [-0.2, 0) is 26.2 Å². The molecule has 0 fully saturated rings. The Labute approximate surface area is 195 Å². The van der Waals surface area contributed by atoms with Gasteiger partial charge in [-0.1, -0.05) is 37.3 Å². The van der Waals surface area contributed by atoms with Gasteiger partial charge < -0.3 is 10.2 Å². The Hall–Kier alpha value is -2.94. The third-order valence-electron chi connectivity index (χ3n) is 5.18. The number of sulfonamides is 1. The van der Waals surface area contributed by atoms with Crippen molar-refractivity contribution in [1.29, 1.82) is 0 Å². The van der Waals surface area contributed by atoms with Crippen molar-refractivity contribution < 1.29 is 22.4 Å². The van der Waals surface area contributed by atoms with Crippen LogP contribution < -0.4 is 9.62 Å². The number of carbonyl (C=O) groups excluding carboxylic acids is 2. The van der Waals surface area contributed by atoms with Crippen molar-refractivity contribution in [1.82, 2.24) is 10.2 Å². The minimum atomic E-state index is -3.62. The number of nitrogens with zero attached hydrogens (tertiary/aromatic N) is 2. The molecule has 0 aliphatic carbocycles. The summed E-state index contributed by atoms with van der Waals surface area (Å²) in [6.45, 7) is 4.50. The summed E-state index contributed by atoms with van der Waals surface area (Å²) >= 11 is 0. The molecule has 1 atom stereocenters. The second kappa shape index (κ2) is 12.3. The average molecular weight is 478 g/mol. The maximum absolute atomic E-state index is 13.2. The molecule has 7 nitrogen and oxygen atoms in total. The van der Waals surface area contributed by atoms with E-state index >= 15 is 0 Å². The molecule has 0 unspecified atom stereocenters. The normalized spacial score (nSPS) is 12.1. The largest absolute Gasteiger partial charge is 0.354 e. The third kappa shape index (κ3) is 8.16. The number of hydrogen-bond donors (Lipinski definition) is 1. The van der Waals surface area contributed by atoms with Crippen LogP contribution in [0.3, 0.4) is 0 Å². The quantitative estimate of drug-likeness (QED) is 0.508. The SMILES string of the molecule is CCCNC(=O)[C@H](C)N(Cc1ccccc1)C(=O)CCCN(c1ccc(F)cc1)S(C)(=O)=O.